The largest absolute Gasteiger partial charge is 0.461 e. The van der Waals surface area contributed by atoms with E-state index in [2.05, 4.69) is 19.1 Å². The molecule has 15 heavy (non-hydrogen) atoms. The number of carbonyl (C=O) groups is 1. The van der Waals surface area contributed by atoms with Gasteiger partial charge in [0.05, 0.1) is 0 Å². The van der Waals surface area contributed by atoms with Crippen LogP contribution in [0.15, 0.2) is 23.3 Å². The first-order valence-electron chi connectivity index (χ1n) is 5.53. The molecular weight excluding hydrogens is 188 g/mol. The van der Waals surface area contributed by atoms with Gasteiger partial charge >= 0.3 is 5.97 Å². The Labute approximate surface area is 93.0 Å². The van der Waals surface area contributed by atoms with Crippen molar-refractivity contribution >= 4 is 5.97 Å². The molecule has 2 nitrogen and oxygen atoms in total. The number of carbonyl (C=O) groups excluding carboxylic acids is 1. The summed E-state index contributed by atoms with van der Waals surface area (Å²) in [5.74, 6) is -0.129. The minimum Gasteiger partial charge on any atom is -0.461 e. The molecule has 0 aliphatic heterocycles. The van der Waals surface area contributed by atoms with E-state index in [1.165, 1.54) is 11.1 Å². The van der Waals surface area contributed by atoms with E-state index in [-0.39, 0.29) is 5.97 Å². The summed E-state index contributed by atoms with van der Waals surface area (Å²) in [6, 6.07) is 0. The maximum Gasteiger partial charge on any atom is 0.305 e. The fourth-order valence-corrected chi connectivity index (χ4v) is 1.09. The fourth-order valence-electron chi connectivity index (χ4n) is 1.09. The van der Waals surface area contributed by atoms with E-state index in [0.717, 1.165) is 12.8 Å². The van der Waals surface area contributed by atoms with Crippen molar-refractivity contribution in [2.75, 3.05) is 6.61 Å². The Bertz CT molecular complexity index is 249. The van der Waals surface area contributed by atoms with Gasteiger partial charge in [-0.1, -0.05) is 24.6 Å². The van der Waals surface area contributed by atoms with Gasteiger partial charge in [-0.3, -0.25) is 4.79 Å². The Morgan fingerprint density at radius 3 is 2.47 bits per heavy atom. The van der Waals surface area contributed by atoms with Gasteiger partial charge in [0.2, 0.25) is 0 Å². The highest BCUT2D eigenvalue weighted by atomic mass is 16.5. The van der Waals surface area contributed by atoms with Crippen molar-refractivity contribution in [2.45, 2.75) is 47.0 Å². The van der Waals surface area contributed by atoms with E-state index in [4.69, 9.17) is 4.74 Å². The first-order chi connectivity index (χ1) is 7.11. The summed E-state index contributed by atoms with van der Waals surface area (Å²) in [5.41, 5.74) is 2.48. The third kappa shape index (κ3) is 6.95. The van der Waals surface area contributed by atoms with Crippen molar-refractivity contribution in [3.8, 4) is 0 Å². The average molecular weight is 210 g/mol. The van der Waals surface area contributed by atoms with Gasteiger partial charge < -0.3 is 4.74 Å². The minimum absolute atomic E-state index is 0.129. The van der Waals surface area contributed by atoms with E-state index < -0.39 is 0 Å². The van der Waals surface area contributed by atoms with Gasteiger partial charge in [-0.2, -0.15) is 0 Å². The molecule has 0 rings (SSSR count). The number of rotatable bonds is 6. The third-order valence-electron chi connectivity index (χ3n) is 2.39. The molecular formula is C13H22O2. The molecule has 0 spiro atoms. The van der Waals surface area contributed by atoms with Crippen LogP contribution in [-0.4, -0.2) is 12.6 Å². The van der Waals surface area contributed by atoms with E-state index >= 15 is 0 Å². The summed E-state index contributed by atoms with van der Waals surface area (Å²) in [4.78, 5) is 10.9. The fraction of sp³-hybridized carbons (Fsp3) is 0.615. The van der Waals surface area contributed by atoms with Crippen LogP contribution in [0.5, 0.6) is 0 Å². The molecule has 0 fully saturated rings. The summed E-state index contributed by atoms with van der Waals surface area (Å²) in [6.07, 6.45) is 6.75. The predicted molar refractivity (Wildman–Crippen MR) is 63.7 cm³/mol. The Kier molecular flexibility index (Phi) is 7.69. The highest BCUT2D eigenvalue weighted by Gasteiger charge is 2.01. The second-order valence-corrected chi connectivity index (χ2v) is 3.68. The monoisotopic (exact) mass is 210 g/mol. The molecule has 86 valence electrons. The number of allylic oxidation sites excluding steroid dienone is 3. The molecule has 0 bridgehead atoms. The standard InChI is InChI=1S/C13H22O2/c1-5-7-8-9-11(3)12(4)10-15-13(14)6-2/h5,7H,6,8-10H2,1-4H3/b7-5+,12-11+. The van der Waals surface area contributed by atoms with Gasteiger partial charge in [-0.05, 0) is 39.2 Å². The van der Waals surface area contributed by atoms with Gasteiger partial charge in [-0.25, -0.2) is 0 Å². The van der Waals surface area contributed by atoms with Gasteiger partial charge in [0, 0.05) is 6.42 Å². The number of esters is 1. The van der Waals surface area contributed by atoms with Crippen LogP contribution in [0.2, 0.25) is 0 Å². The molecule has 0 aliphatic carbocycles. The molecule has 0 radical (unpaired) electrons. The highest BCUT2D eigenvalue weighted by Crippen LogP contribution is 2.11. The first kappa shape index (κ1) is 13.9. The van der Waals surface area contributed by atoms with Crippen LogP contribution >= 0.6 is 0 Å². The maximum absolute atomic E-state index is 10.9. The topological polar surface area (TPSA) is 26.3 Å². The average Bonchev–Trinajstić information content (AvgIpc) is 2.25. The van der Waals surface area contributed by atoms with Crippen LogP contribution in [0.25, 0.3) is 0 Å². The molecule has 0 aromatic heterocycles. The molecule has 0 atom stereocenters. The lowest BCUT2D eigenvalue weighted by Crippen LogP contribution is -2.05. The Morgan fingerprint density at radius 1 is 1.27 bits per heavy atom. The van der Waals surface area contributed by atoms with Crippen molar-refractivity contribution in [3.63, 3.8) is 0 Å². The number of hydrogen-bond acceptors (Lipinski definition) is 2. The van der Waals surface area contributed by atoms with E-state index in [0.29, 0.717) is 13.0 Å². The van der Waals surface area contributed by atoms with Crippen LogP contribution in [0.1, 0.15) is 47.0 Å². The highest BCUT2D eigenvalue weighted by molar-refractivity contribution is 5.69. The lowest BCUT2D eigenvalue weighted by Gasteiger charge is -2.07. The van der Waals surface area contributed by atoms with Crippen LogP contribution in [0, 0.1) is 0 Å². The molecule has 0 heterocycles. The van der Waals surface area contributed by atoms with Crippen LogP contribution in [0.4, 0.5) is 0 Å². The summed E-state index contributed by atoms with van der Waals surface area (Å²) >= 11 is 0. The number of ether oxygens (including phenoxy) is 1. The number of hydrogen-bond donors (Lipinski definition) is 0. The zero-order valence-corrected chi connectivity index (χ0v) is 10.3. The lowest BCUT2D eigenvalue weighted by atomic mass is 10.1. The van der Waals surface area contributed by atoms with Crippen LogP contribution < -0.4 is 0 Å². The van der Waals surface area contributed by atoms with Crippen molar-refractivity contribution < 1.29 is 9.53 Å². The van der Waals surface area contributed by atoms with Gasteiger partial charge in [-0.15, -0.1) is 0 Å². The summed E-state index contributed by atoms with van der Waals surface area (Å²) in [6.45, 7) is 8.39. The molecule has 0 aliphatic rings. The zero-order valence-electron chi connectivity index (χ0n) is 10.3. The SMILES string of the molecule is C/C=C/CC/C(C)=C(\C)COC(=O)CC. The van der Waals surface area contributed by atoms with Crippen LogP contribution in [-0.2, 0) is 9.53 Å². The van der Waals surface area contributed by atoms with Crippen molar-refractivity contribution in [3.05, 3.63) is 23.3 Å². The van der Waals surface area contributed by atoms with Crippen LogP contribution in [0.3, 0.4) is 0 Å². The Hall–Kier alpha value is -1.05. The van der Waals surface area contributed by atoms with E-state index in [1.807, 2.05) is 13.8 Å². The Morgan fingerprint density at radius 2 is 1.93 bits per heavy atom. The molecule has 0 saturated heterocycles. The predicted octanol–water partition coefficient (Wildman–Crippen LogP) is 3.63. The van der Waals surface area contributed by atoms with Gasteiger partial charge in [0.1, 0.15) is 6.61 Å². The molecule has 0 aromatic carbocycles. The molecule has 0 aromatic rings. The van der Waals surface area contributed by atoms with Crippen molar-refractivity contribution in [1.82, 2.24) is 0 Å². The van der Waals surface area contributed by atoms with E-state index in [9.17, 15) is 4.79 Å². The quantitative estimate of drug-likeness (QED) is 0.494. The van der Waals surface area contributed by atoms with E-state index in [1.54, 1.807) is 6.92 Å². The Balaban J connectivity index is 3.97. The summed E-state index contributed by atoms with van der Waals surface area (Å²) in [5, 5.41) is 0. The summed E-state index contributed by atoms with van der Waals surface area (Å²) < 4.78 is 5.07. The van der Waals surface area contributed by atoms with Gasteiger partial charge in [0.15, 0.2) is 0 Å². The maximum atomic E-state index is 10.9. The normalized spacial score (nSPS) is 12.8. The first-order valence-corrected chi connectivity index (χ1v) is 5.53. The second kappa shape index (κ2) is 8.27. The molecule has 0 unspecified atom stereocenters. The lowest BCUT2D eigenvalue weighted by molar-refractivity contribution is -0.142. The second-order valence-electron chi connectivity index (χ2n) is 3.68. The smallest absolute Gasteiger partial charge is 0.305 e. The van der Waals surface area contributed by atoms with Gasteiger partial charge in [0.25, 0.3) is 0 Å². The zero-order chi connectivity index (χ0) is 11.7. The van der Waals surface area contributed by atoms with Crippen molar-refractivity contribution in [2.24, 2.45) is 0 Å². The molecule has 0 N–H and O–H groups in total. The molecule has 2 heteroatoms. The summed E-state index contributed by atoms with van der Waals surface area (Å²) in [7, 11) is 0. The molecule has 0 saturated carbocycles. The molecule has 0 amide bonds. The van der Waals surface area contributed by atoms with Crippen molar-refractivity contribution in [1.29, 1.82) is 0 Å². The minimum atomic E-state index is -0.129. The third-order valence-corrected chi connectivity index (χ3v) is 2.39.